The number of ketones is 2. The number of aliphatic hydroxyl groups is 1. The standard InChI is InChI=1S/C21H30O3/c1-12(22)19-18(24)11-17-15-5-4-13-10-14(23)6-8-20(13,2)16(15)7-9-21(17,19)3/h10,15-19,24H,4-9,11H2,1-3H3/t15-,16+,17+,18-,19+,20+,21+/m1/s1. The van der Waals surface area contributed by atoms with Crippen LogP contribution < -0.4 is 0 Å². The van der Waals surface area contributed by atoms with Gasteiger partial charge in [0.1, 0.15) is 5.78 Å². The lowest BCUT2D eigenvalue weighted by atomic mass is 9.46. The molecule has 24 heavy (non-hydrogen) atoms. The number of fused-ring (bicyclic) bond motifs is 5. The third-order valence-electron chi connectivity index (χ3n) is 8.43. The maximum absolute atomic E-state index is 12.2. The molecule has 0 saturated heterocycles. The van der Waals surface area contributed by atoms with Crippen molar-refractivity contribution in [2.45, 2.75) is 71.8 Å². The summed E-state index contributed by atoms with van der Waals surface area (Å²) >= 11 is 0. The van der Waals surface area contributed by atoms with E-state index in [2.05, 4.69) is 13.8 Å². The zero-order chi connectivity index (χ0) is 17.3. The second-order valence-electron chi connectivity index (χ2n) is 9.40. The van der Waals surface area contributed by atoms with Crippen LogP contribution in [0.4, 0.5) is 0 Å². The molecule has 4 aliphatic rings. The molecule has 0 radical (unpaired) electrons. The predicted molar refractivity (Wildman–Crippen MR) is 92.3 cm³/mol. The number of allylic oxidation sites excluding steroid dienone is 1. The fourth-order valence-corrected chi connectivity index (χ4v) is 7.31. The van der Waals surface area contributed by atoms with Gasteiger partial charge in [-0.15, -0.1) is 0 Å². The molecule has 7 atom stereocenters. The first kappa shape index (κ1) is 16.5. The SMILES string of the molecule is CC(=O)[C@H]1[C@H](O)C[C@H]2[C@@H]3CCC4=CC(=O)CC[C@]4(C)[C@H]3CC[C@@]21C. The minimum Gasteiger partial charge on any atom is -0.392 e. The summed E-state index contributed by atoms with van der Waals surface area (Å²) in [6.07, 6.45) is 8.26. The van der Waals surface area contributed by atoms with E-state index in [0.29, 0.717) is 30.0 Å². The van der Waals surface area contributed by atoms with Crippen molar-refractivity contribution in [1.82, 2.24) is 0 Å². The molecule has 0 amide bonds. The van der Waals surface area contributed by atoms with Crippen LogP contribution in [-0.4, -0.2) is 22.8 Å². The van der Waals surface area contributed by atoms with Crippen LogP contribution in [-0.2, 0) is 9.59 Å². The smallest absolute Gasteiger partial charge is 0.155 e. The fraction of sp³-hybridized carbons (Fsp3) is 0.810. The van der Waals surface area contributed by atoms with Gasteiger partial charge in [0.2, 0.25) is 0 Å². The summed E-state index contributed by atoms with van der Waals surface area (Å²) in [7, 11) is 0. The average molecular weight is 330 g/mol. The van der Waals surface area contributed by atoms with Gasteiger partial charge in [-0.3, -0.25) is 9.59 Å². The van der Waals surface area contributed by atoms with Crippen LogP contribution in [0.5, 0.6) is 0 Å². The van der Waals surface area contributed by atoms with E-state index in [9.17, 15) is 14.7 Å². The van der Waals surface area contributed by atoms with Crippen LogP contribution in [0.3, 0.4) is 0 Å². The molecule has 4 rings (SSSR count). The van der Waals surface area contributed by atoms with Gasteiger partial charge in [-0.2, -0.15) is 0 Å². The zero-order valence-electron chi connectivity index (χ0n) is 15.2. The largest absolute Gasteiger partial charge is 0.392 e. The third kappa shape index (κ3) is 2.06. The van der Waals surface area contributed by atoms with Gasteiger partial charge in [-0.1, -0.05) is 19.4 Å². The third-order valence-corrected chi connectivity index (χ3v) is 8.43. The number of hydrogen-bond donors (Lipinski definition) is 1. The van der Waals surface area contributed by atoms with Crippen molar-refractivity contribution >= 4 is 11.6 Å². The molecule has 3 saturated carbocycles. The van der Waals surface area contributed by atoms with Gasteiger partial charge in [0.05, 0.1) is 6.10 Å². The molecule has 4 aliphatic carbocycles. The number of rotatable bonds is 1. The lowest BCUT2D eigenvalue weighted by Crippen LogP contribution is -2.51. The molecule has 3 fully saturated rings. The van der Waals surface area contributed by atoms with Gasteiger partial charge < -0.3 is 5.11 Å². The minimum absolute atomic E-state index is 0.0333. The van der Waals surface area contributed by atoms with Crippen molar-refractivity contribution < 1.29 is 14.7 Å². The lowest BCUT2D eigenvalue weighted by molar-refractivity contribution is -0.131. The first-order valence-electron chi connectivity index (χ1n) is 9.70. The highest BCUT2D eigenvalue weighted by Crippen LogP contribution is 2.66. The number of aliphatic hydroxyl groups excluding tert-OH is 1. The highest BCUT2D eigenvalue weighted by atomic mass is 16.3. The summed E-state index contributed by atoms with van der Waals surface area (Å²) in [4.78, 5) is 24.1. The molecule has 132 valence electrons. The summed E-state index contributed by atoms with van der Waals surface area (Å²) in [5, 5.41) is 10.6. The molecule has 1 N–H and O–H groups in total. The van der Waals surface area contributed by atoms with Crippen molar-refractivity contribution in [2.24, 2.45) is 34.5 Å². The topological polar surface area (TPSA) is 54.4 Å². The van der Waals surface area contributed by atoms with Gasteiger partial charge in [0.15, 0.2) is 5.78 Å². The van der Waals surface area contributed by atoms with Crippen LogP contribution in [0.25, 0.3) is 0 Å². The number of hydrogen-bond acceptors (Lipinski definition) is 3. The van der Waals surface area contributed by atoms with Crippen molar-refractivity contribution in [2.75, 3.05) is 0 Å². The maximum Gasteiger partial charge on any atom is 0.155 e. The van der Waals surface area contributed by atoms with Crippen LogP contribution in [0.2, 0.25) is 0 Å². The monoisotopic (exact) mass is 330 g/mol. The number of Topliss-reactive ketones (excluding diaryl/α,β-unsaturated/α-hetero) is 1. The summed E-state index contributed by atoms with van der Waals surface area (Å²) in [6.45, 7) is 6.29. The van der Waals surface area contributed by atoms with E-state index in [-0.39, 0.29) is 22.5 Å². The van der Waals surface area contributed by atoms with Gasteiger partial charge in [0.25, 0.3) is 0 Å². The van der Waals surface area contributed by atoms with E-state index >= 15 is 0 Å². The first-order chi connectivity index (χ1) is 11.3. The van der Waals surface area contributed by atoms with Crippen molar-refractivity contribution in [3.8, 4) is 0 Å². The molecule has 0 heterocycles. The minimum atomic E-state index is -0.464. The molecule has 0 aromatic carbocycles. The molecule has 3 heteroatoms. The Morgan fingerprint density at radius 2 is 1.92 bits per heavy atom. The molecule has 3 nitrogen and oxygen atoms in total. The van der Waals surface area contributed by atoms with Crippen LogP contribution in [0.1, 0.15) is 65.7 Å². The molecule has 0 unspecified atom stereocenters. The van der Waals surface area contributed by atoms with Gasteiger partial charge in [-0.05, 0) is 80.1 Å². The average Bonchev–Trinajstić information content (AvgIpc) is 2.78. The Bertz CT molecular complexity index is 621. The quantitative estimate of drug-likeness (QED) is 0.797. The Kier molecular flexibility index (Phi) is 3.62. The summed E-state index contributed by atoms with van der Waals surface area (Å²) in [5.41, 5.74) is 1.51. The molecule has 0 aromatic heterocycles. The molecular weight excluding hydrogens is 300 g/mol. The molecule has 0 spiro atoms. The van der Waals surface area contributed by atoms with Gasteiger partial charge in [0, 0.05) is 12.3 Å². The first-order valence-corrected chi connectivity index (χ1v) is 9.70. The second-order valence-corrected chi connectivity index (χ2v) is 9.40. The van der Waals surface area contributed by atoms with Crippen molar-refractivity contribution in [3.63, 3.8) is 0 Å². The maximum atomic E-state index is 12.2. The number of carbonyl (C=O) groups excluding carboxylic acids is 2. The Balaban J connectivity index is 1.69. The van der Waals surface area contributed by atoms with E-state index in [4.69, 9.17) is 0 Å². The highest BCUT2D eigenvalue weighted by Gasteiger charge is 2.62. The number of carbonyl (C=O) groups is 2. The van der Waals surface area contributed by atoms with Gasteiger partial charge >= 0.3 is 0 Å². The summed E-state index contributed by atoms with van der Waals surface area (Å²) < 4.78 is 0. The van der Waals surface area contributed by atoms with Crippen molar-refractivity contribution in [1.29, 1.82) is 0 Å². The fourth-order valence-electron chi connectivity index (χ4n) is 7.31. The van der Waals surface area contributed by atoms with Crippen LogP contribution in [0, 0.1) is 34.5 Å². The zero-order valence-corrected chi connectivity index (χ0v) is 15.2. The summed E-state index contributed by atoms with van der Waals surface area (Å²) in [5.74, 6) is 1.95. The van der Waals surface area contributed by atoms with Crippen LogP contribution >= 0.6 is 0 Å². The van der Waals surface area contributed by atoms with E-state index < -0.39 is 6.10 Å². The van der Waals surface area contributed by atoms with E-state index in [1.165, 1.54) is 5.57 Å². The Morgan fingerprint density at radius 1 is 1.17 bits per heavy atom. The normalized spacial score (nSPS) is 50.6. The van der Waals surface area contributed by atoms with Crippen LogP contribution in [0.15, 0.2) is 11.6 Å². The second kappa shape index (κ2) is 5.27. The summed E-state index contributed by atoms with van der Waals surface area (Å²) in [6, 6.07) is 0. The lowest BCUT2D eigenvalue weighted by Gasteiger charge is -2.57. The van der Waals surface area contributed by atoms with E-state index in [1.54, 1.807) is 6.92 Å². The van der Waals surface area contributed by atoms with Crippen molar-refractivity contribution in [3.05, 3.63) is 11.6 Å². The molecule has 0 aliphatic heterocycles. The predicted octanol–water partition coefficient (Wildman–Crippen LogP) is 3.69. The Labute approximate surface area is 144 Å². The van der Waals surface area contributed by atoms with E-state index in [1.807, 2.05) is 6.08 Å². The molecule has 0 bridgehead atoms. The Hall–Kier alpha value is -0.960. The van der Waals surface area contributed by atoms with E-state index in [0.717, 1.165) is 38.5 Å². The highest BCUT2D eigenvalue weighted by molar-refractivity contribution is 5.91. The molecule has 0 aromatic rings. The molecular formula is C21H30O3. The van der Waals surface area contributed by atoms with Gasteiger partial charge in [-0.25, -0.2) is 0 Å². The Morgan fingerprint density at radius 3 is 2.62 bits per heavy atom.